The van der Waals surface area contributed by atoms with E-state index in [0.717, 1.165) is 12.2 Å². The van der Waals surface area contributed by atoms with Crippen LogP contribution in [0.1, 0.15) is 19.4 Å². The molecule has 0 aliphatic rings. The lowest BCUT2D eigenvalue weighted by Gasteiger charge is -2.15. The Morgan fingerprint density at radius 1 is 1.17 bits per heavy atom. The van der Waals surface area contributed by atoms with Gasteiger partial charge < -0.3 is 14.8 Å². The highest BCUT2D eigenvalue weighted by Crippen LogP contribution is 2.18. The monoisotopic (exact) mass is 347 g/mol. The standard InChI is InChI=1S/C19H22ClNO3/c1-3-15-7-9-17(10-8-15)23-12-11-21-19(22)14(2)24-18-6-4-5-16(20)13-18/h4-10,13-14H,3,11-12H2,1-2H3,(H,21,22). The van der Waals surface area contributed by atoms with Crippen molar-refractivity contribution in [3.63, 3.8) is 0 Å². The predicted molar refractivity (Wildman–Crippen MR) is 95.9 cm³/mol. The van der Waals surface area contributed by atoms with Gasteiger partial charge >= 0.3 is 0 Å². The minimum absolute atomic E-state index is 0.195. The largest absolute Gasteiger partial charge is 0.492 e. The van der Waals surface area contributed by atoms with Crippen molar-refractivity contribution in [2.75, 3.05) is 13.2 Å². The Bertz CT molecular complexity index is 658. The summed E-state index contributed by atoms with van der Waals surface area (Å²) in [5.41, 5.74) is 1.27. The van der Waals surface area contributed by atoms with Crippen LogP contribution in [0.5, 0.6) is 11.5 Å². The molecule has 1 amide bonds. The summed E-state index contributed by atoms with van der Waals surface area (Å²) in [6, 6.07) is 14.9. The third-order valence-electron chi connectivity index (χ3n) is 3.48. The Morgan fingerprint density at radius 2 is 1.92 bits per heavy atom. The van der Waals surface area contributed by atoms with Crippen molar-refractivity contribution in [2.24, 2.45) is 0 Å². The molecule has 1 N–H and O–H groups in total. The zero-order valence-corrected chi connectivity index (χ0v) is 14.7. The lowest BCUT2D eigenvalue weighted by Crippen LogP contribution is -2.38. The molecule has 5 heteroatoms. The third-order valence-corrected chi connectivity index (χ3v) is 3.71. The molecule has 0 saturated carbocycles. The van der Waals surface area contributed by atoms with Crippen molar-refractivity contribution in [3.8, 4) is 11.5 Å². The molecule has 1 atom stereocenters. The molecule has 2 aromatic rings. The van der Waals surface area contributed by atoms with Gasteiger partial charge in [0.05, 0.1) is 6.54 Å². The van der Waals surface area contributed by atoms with Crippen molar-refractivity contribution >= 4 is 17.5 Å². The van der Waals surface area contributed by atoms with E-state index in [-0.39, 0.29) is 5.91 Å². The predicted octanol–water partition coefficient (Wildman–Crippen LogP) is 3.86. The molecule has 0 radical (unpaired) electrons. The van der Waals surface area contributed by atoms with Crippen LogP contribution in [-0.2, 0) is 11.2 Å². The lowest BCUT2D eigenvalue weighted by molar-refractivity contribution is -0.127. The molecule has 0 spiro atoms. The topological polar surface area (TPSA) is 47.6 Å². The molecule has 24 heavy (non-hydrogen) atoms. The van der Waals surface area contributed by atoms with E-state index in [4.69, 9.17) is 21.1 Å². The fourth-order valence-corrected chi connectivity index (χ4v) is 2.29. The SMILES string of the molecule is CCc1ccc(OCCNC(=O)C(C)Oc2cccc(Cl)c2)cc1. The molecule has 0 bridgehead atoms. The number of hydrogen-bond donors (Lipinski definition) is 1. The maximum atomic E-state index is 12.0. The third kappa shape index (κ3) is 5.78. The highest BCUT2D eigenvalue weighted by Gasteiger charge is 2.14. The highest BCUT2D eigenvalue weighted by atomic mass is 35.5. The number of benzene rings is 2. The average molecular weight is 348 g/mol. The number of hydrogen-bond acceptors (Lipinski definition) is 3. The van der Waals surface area contributed by atoms with Gasteiger partial charge in [0, 0.05) is 5.02 Å². The molecule has 1 unspecified atom stereocenters. The lowest BCUT2D eigenvalue weighted by atomic mass is 10.2. The zero-order chi connectivity index (χ0) is 17.4. The average Bonchev–Trinajstić information content (AvgIpc) is 2.59. The van der Waals surface area contributed by atoms with Gasteiger partial charge in [-0.15, -0.1) is 0 Å². The van der Waals surface area contributed by atoms with E-state index in [1.807, 2.05) is 24.3 Å². The van der Waals surface area contributed by atoms with Crippen LogP contribution in [-0.4, -0.2) is 25.2 Å². The molecule has 0 aromatic heterocycles. The van der Waals surface area contributed by atoms with Crippen LogP contribution < -0.4 is 14.8 Å². The van der Waals surface area contributed by atoms with Crippen molar-refractivity contribution in [1.29, 1.82) is 0 Å². The Labute approximate surface area is 147 Å². The van der Waals surface area contributed by atoms with Gasteiger partial charge in [-0.2, -0.15) is 0 Å². The van der Waals surface area contributed by atoms with E-state index in [0.29, 0.717) is 23.9 Å². The number of carbonyl (C=O) groups is 1. The minimum atomic E-state index is -0.604. The van der Waals surface area contributed by atoms with Gasteiger partial charge in [0.25, 0.3) is 5.91 Å². The number of amides is 1. The van der Waals surface area contributed by atoms with E-state index in [9.17, 15) is 4.79 Å². The normalized spacial score (nSPS) is 11.6. The molecule has 128 valence electrons. The number of carbonyl (C=O) groups excluding carboxylic acids is 1. The first-order valence-electron chi connectivity index (χ1n) is 8.00. The minimum Gasteiger partial charge on any atom is -0.492 e. The van der Waals surface area contributed by atoms with Crippen LogP contribution in [0.2, 0.25) is 5.02 Å². The zero-order valence-electron chi connectivity index (χ0n) is 13.9. The van der Waals surface area contributed by atoms with Crippen molar-refractivity contribution in [2.45, 2.75) is 26.4 Å². The fraction of sp³-hybridized carbons (Fsp3) is 0.316. The Hall–Kier alpha value is -2.20. The van der Waals surface area contributed by atoms with Gasteiger partial charge in [-0.1, -0.05) is 36.7 Å². The van der Waals surface area contributed by atoms with E-state index in [1.54, 1.807) is 31.2 Å². The first-order chi connectivity index (χ1) is 11.6. The molecule has 2 rings (SSSR count). The molecule has 0 saturated heterocycles. The van der Waals surface area contributed by atoms with E-state index in [2.05, 4.69) is 12.2 Å². The summed E-state index contributed by atoms with van der Waals surface area (Å²) in [5.74, 6) is 1.17. The molecular weight excluding hydrogens is 326 g/mol. The van der Waals surface area contributed by atoms with Crippen LogP contribution >= 0.6 is 11.6 Å². The summed E-state index contributed by atoms with van der Waals surface area (Å²) in [6.07, 6.45) is 0.396. The molecular formula is C19H22ClNO3. The number of rotatable bonds is 8. The molecule has 0 fully saturated rings. The summed E-state index contributed by atoms with van der Waals surface area (Å²) in [6.45, 7) is 4.62. The molecule has 0 heterocycles. The van der Waals surface area contributed by atoms with E-state index >= 15 is 0 Å². The number of nitrogens with one attached hydrogen (secondary N) is 1. The van der Waals surface area contributed by atoms with Gasteiger partial charge in [0.1, 0.15) is 18.1 Å². The first-order valence-corrected chi connectivity index (χ1v) is 8.38. The van der Waals surface area contributed by atoms with Gasteiger partial charge in [-0.05, 0) is 49.2 Å². The Kier molecular flexibility index (Phi) is 6.94. The van der Waals surface area contributed by atoms with Crippen molar-refractivity contribution in [1.82, 2.24) is 5.32 Å². The number of ether oxygens (including phenoxy) is 2. The van der Waals surface area contributed by atoms with Gasteiger partial charge in [-0.3, -0.25) is 4.79 Å². The summed E-state index contributed by atoms with van der Waals surface area (Å²) in [5, 5.41) is 3.36. The fourth-order valence-electron chi connectivity index (χ4n) is 2.11. The molecule has 2 aromatic carbocycles. The number of halogens is 1. The highest BCUT2D eigenvalue weighted by molar-refractivity contribution is 6.30. The summed E-state index contributed by atoms with van der Waals surface area (Å²) in [7, 11) is 0. The number of aryl methyl sites for hydroxylation is 1. The van der Waals surface area contributed by atoms with Crippen LogP contribution in [0.3, 0.4) is 0 Å². The van der Waals surface area contributed by atoms with Gasteiger partial charge in [0.15, 0.2) is 6.10 Å². The second kappa shape index (κ2) is 9.18. The Balaban J connectivity index is 1.70. The second-order valence-electron chi connectivity index (χ2n) is 5.35. The smallest absolute Gasteiger partial charge is 0.260 e. The molecule has 0 aliphatic carbocycles. The van der Waals surface area contributed by atoms with E-state index in [1.165, 1.54) is 5.56 Å². The van der Waals surface area contributed by atoms with Gasteiger partial charge in [-0.25, -0.2) is 0 Å². The summed E-state index contributed by atoms with van der Waals surface area (Å²) >= 11 is 5.89. The van der Waals surface area contributed by atoms with Crippen molar-refractivity contribution < 1.29 is 14.3 Å². The summed E-state index contributed by atoms with van der Waals surface area (Å²) < 4.78 is 11.2. The van der Waals surface area contributed by atoms with Crippen LogP contribution in [0.15, 0.2) is 48.5 Å². The summed E-state index contributed by atoms with van der Waals surface area (Å²) in [4.78, 5) is 12.0. The van der Waals surface area contributed by atoms with Crippen molar-refractivity contribution in [3.05, 3.63) is 59.1 Å². The van der Waals surface area contributed by atoms with Crippen LogP contribution in [0, 0.1) is 0 Å². The van der Waals surface area contributed by atoms with Crippen LogP contribution in [0.4, 0.5) is 0 Å². The maximum absolute atomic E-state index is 12.0. The second-order valence-corrected chi connectivity index (χ2v) is 5.79. The molecule has 4 nitrogen and oxygen atoms in total. The van der Waals surface area contributed by atoms with E-state index < -0.39 is 6.10 Å². The first kappa shape index (κ1) is 18.1. The molecule has 0 aliphatic heterocycles. The quantitative estimate of drug-likeness (QED) is 0.737. The van der Waals surface area contributed by atoms with Crippen LogP contribution in [0.25, 0.3) is 0 Å². The Morgan fingerprint density at radius 3 is 2.58 bits per heavy atom. The van der Waals surface area contributed by atoms with Gasteiger partial charge in [0.2, 0.25) is 0 Å². The maximum Gasteiger partial charge on any atom is 0.260 e.